The minimum Gasteiger partial charge on any atom is -0.390 e. The largest absolute Gasteiger partial charge is 0.390 e. The third kappa shape index (κ3) is 1.04. The van der Waals surface area contributed by atoms with Crippen LogP contribution < -0.4 is 0 Å². The summed E-state index contributed by atoms with van der Waals surface area (Å²) < 4.78 is 4.86. The lowest BCUT2D eigenvalue weighted by Crippen LogP contribution is -2.85. The molecule has 0 amide bonds. The highest BCUT2D eigenvalue weighted by Gasteiger charge is 2.74. The minimum atomic E-state index is -1.73. The molecule has 2 rings (SSSR count). The van der Waals surface area contributed by atoms with Crippen molar-refractivity contribution < 1.29 is 30.3 Å². The van der Waals surface area contributed by atoms with Crippen LogP contribution >= 0.6 is 0 Å². The van der Waals surface area contributed by atoms with Gasteiger partial charge in [-0.3, -0.25) is 0 Å². The van der Waals surface area contributed by atoms with Crippen molar-refractivity contribution in [3.63, 3.8) is 0 Å². The molecule has 0 aromatic heterocycles. The van der Waals surface area contributed by atoms with Crippen LogP contribution in [0, 0.1) is 5.41 Å². The van der Waals surface area contributed by atoms with Crippen molar-refractivity contribution in [2.45, 2.75) is 50.2 Å². The molecule has 2 unspecified atom stereocenters. The number of fused-ring (bicyclic) bond motifs is 1. The summed E-state index contributed by atoms with van der Waals surface area (Å²) in [5, 5.41) is 48.2. The second kappa shape index (κ2) is 2.91. The topological polar surface area (TPSA) is 110 Å². The fourth-order valence-electron chi connectivity index (χ4n) is 2.50. The van der Waals surface area contributed by atoms with E-state index in [9.17, 15) is 25.5 Å². The maximum Gasteiger partial charge on any atom is 0.184 e. The van der Waals surface area contributed by atoms with Crippen molar-refractivity contribution in [3.05, 3.63) is 0 Å². The van der Waals surface area contributed by atoms with Crippen molar-refractivity contribution in [2.24, 2.45) is 5.41 Å². The molecule has 2 aliphatic rings. The lowest BCUT2D eigenvalue weighted by molar-refractivity contribution is -0.416. The smallest absolute Gasteiger partial charge is 0.184 e. The van der Waals surface area contributed by atoms with Crippen LogP contribution in [0.3, 0.4) is 0 Å². The van der Waals surface area contributed by atoms with Crippen LogP contribution in [-0.4, -0.2) is 61.8 Å². The van der Waals surface area contributed by atoms with Crippen molar-refractivity contribution in [2.75, 3.05) is 0 Å². The van der Waals surface area contributed by atoms with Crippen LogP contribution in [0.25, 0.3) is 0 Å². The molecule has 2 fully saturated rings. The van der Waals surface area contributed by atoms with E-state index < -0.39 is 41.7 Å². The van der Waals surface area contributed by atoms with Gasteiger partial charge in [-0.05, 0) is 0 Å². The molecule has 6 nitrogen and oxygen atoms in total. The number of hydrogen-bond acceptors (Lipinski definition) is 6. The first kappa shape index (κ1) is 11.3. The molecule has 6 heteroatoms. The fraction of sp³-hybridized carbons (Fsp3) is 1.00. The number of hydrogen-bond donors (Lipinski definition) is 5. The first-order chi connectivity index (χ1) is 6.74. The Morgan fingerprint density at radius 3 is 2.07 bits per heavy atom. The molecule has 0 radical (unpaired) electrons. The van der Waals surface area contributed by atoms with Gasteiger partial charge in [-0.1, -0.05) is 13.8 Å². The zero-order valence-electron chi connectivity index (χ0n) is 8.53. The molecule has 88 valence electrons. The van der Waals surface area contributed by atoms with Gasteiger partial charge in [0.2, 0.25) is 0 Å². The summed E-state index contributed by atoms with van der Waals surface area (Å²) in [5.41, 5.74) is -2.72. The Hall–Kier alpha value is -0.240. The third-order valence-corrected chi connectivity index (χ3v) is 3.84. The molecule has 0 aromatic carbocycles. The van der Waals surface area contributed by atoms with Crippen molar-refractivity contribution in [1.29, 1.82) is 0 Å². The summed E-state index contributed by atoms with van der Waals surface area (Å²) in [6, 6.07) is 0. The molecule has 0 spiro atoms. The Bertz CT molecular complexity index is 272. The quantitative estimate of drug-likeness (QED) is 0.310. The highest BCUT2D eigenvalue weighted by molar-refractivity contribution is 5.23. The Morgan fingerprint density at radius 1 is 1.00 bits per heavy atom. The van der Waals surface area contributed by atoms with E-state index in [1.54, 1.807) is 13.8 Å². The molecule has 15 heavy (non-hydrogen) atoms. The van der Waals surface area contributed by atoms with Crippen LogP contribution in [0.2, 0.25) is 0 Å². The highest BCUT2D eigenvalue weighted by atomic mass is 16.6. The molecule has 1 saturated heterocycles. The van der Waals surface area contributed by atoms with E-state index >= 15 is 0 Å². The first-order valence-corrected chi connectivity index (χ1v) is 4.84. The zero-order valence-corrected chi connectivity index (χ0v) is 8.53. The molecule has 1 heterocycles. The summed E-state index contributed by atoms with van der Waals surface area (Å²) in [4.78, 5) is 0. The van der Waals surface area contributed by atoms with Crippen molar-refractivity contribution >= 4 is 0 Å². The molecule has 6 atom stereocenters. The second-order valence-corrected chi connectivity index (χ2v) is 4.87. The van der Waals surface area contributed by atoms with Crippen LogP contribution in [0.1, 0.15) is 13.8 Å². The molecule has 5 N–H and O–H groups in total. The Morgan fingerprint density at radius 2 is 1.53 bits per heavy atom. The van der Waals surface area contributed by atoms with Gasteiger partial charge in [-0.25, -0.2) is 0 Å². The minimum absolute atomic E-state index is 0.987. The number of rotatable bonds is 0. The molecule has 1 aliphatic carbocycles. The van der Waals surface area contributed by atoms with E-state index in [1.165, 1.54) is 0 Å². The lowest BCUT2D eigenvalue weighted by atomic mass is 9.50. The van der Waals surface area contributed by atoms with E-state index in [0.717, 1.165) is 0 Å². The normalized spacial score (nSPS) is 58.2. The third-order valence-electron chi connectivity index (χ3n) is 3.84. The van der Waals surface area contributed by atoms with Gasteiger partial charge in [0.05, 0.1) is 6.10 Å². The van der Waals surface area contributed by atoms with E-state index in [2.05, 4.69) is 0 Å². The van der Waals surface area contributed by atoms with Gasteiger partial charge in [0.25, 0.3) is 0 Å². The van der Waals surface area contributed by atoms with Gasteiger partial charge in [-0.15, -0.1) is 0 Å². The van der Waals surface area contributed by atoms with E-state index in [0.29, 0.717) is 0 Å². The van der Waals surface area contributed by atoms with Crippen LogP contribution in [0.15, 0.2) is 0 Å². The Balaban J connectivity index is 2.34. The summed E-state index contributed by atoms with van der Waals surface area (Å²) in [6.07, 6.45) is -6.75. The molecular formula is C9H16O6. The van der Waals surface area contributed by atoms with E-state index in [4.69, 9.17) is 4.74 Å². The molecular weight excluding hydrogens is 204 g/mol. The van der Waals surface area contributed by atoms with Gasteiger partial charge >= 0.3 is 0 Å². The average molecular weight is 220 g/mol. The van der Waals surface area contributed by atoms with Crippen LogP contribution in [0.4, 0.5) is 0 Å². The Kier molecular flexibility index (Phi) is 2.18. The summed E-state index contributed by atoms with van der Waals surface area (Å²) in [7, 11) is 0. The van der Waals surface area contributed by atoms with Crippen molar-refractivity contribution in [1.82, 2.24) is 0 Å². The highest BCUT2D eigenvalue weighted by Crippen LogP contribution is 2.55. The lowest BCUT2D eigenvalue weighted by Gasteiger charge is -2.66. The SMILES string of the molecule is CC1(C)C(O)[C@H]2OC(O)[C@H](O)[C@@H](O)[C@@]21O. The Labute approximate surface area is 86.7 Å². The summed E-state index contributed by atoms with van der Waals surface area (Å²) in [6.45, 7) is 3.12. The fourth-order valence-corrected chi connectivity index (χ4v) is 2.50. The van der Waals surface area contributed by atoms with Crippen molar-refractivity contribution in [3.8, 4) is 0 Å². The number of aliphatic hydroxyl groups excluding tert-OH is 4. The molecule has 0 aromatic rings. The molecule has 1 aliphatic heterocycles. The van der Waals surface area contributed by atoms with Crippen LogP contribution in [-0.2, 0) is 4.74 Å². The van der Waals surface area contributed by atoms with Gasteiger partial charge in [0.15, 0.2) is 6.29 Å². The first-order valence-electron chi connectivity index (χ1n) is 4.84. The van der Waals surface area contributed by atoms with Gasteiger partial charge < -0.3 is 30.3 Å². The predicted molar refractivity (Wildman–Crippen MR) is 47.6 cm³/mol. The van der Waals surface area contributed by atoms with E-state index in [1.807, 2.05) is 0 Å². The second-order valence-electron chi connectivity index (χ2n) is 4.87. The number of aliphatic hydroxyl groups is 5. The summed E-state index contributed by atoms with van der Waals surface area (Å²) >= 11 is 0. The van der Waals surface area contributed by atoms with Gasteiger partial charge in [0.1, 0.15) is 23.9 Å². The summed E-state index contributed by atoms with van der Waals surface area (Å²) in [5.74, 6) is 0. The number of ether oxygens (including phenoxy) is 1. The standard InChI is InChI=1S/C9H16O6/c1-8(2)5(12)6-9(8,14)4(11)3(10)7(13)15-6/h3-7,10-14H,1-2H3/t3-,4-,5?,6-,7?,9-/m1/s1. The van der Waals surface area contributed by atoms with E-state index in [-0.39, 0.29) is 0 Å². The maximum atomic E-state index is 10.2. The van der Waals surface area contributed by atoms with Crippen LogP contribution in [0.5, 0.6) is 0 Å². The maximum absolute atomic E-state index is 10.2. The van der Waals surface area contributed by atoms with Gasteiger partial charge in [0, 0.05) is 5.41 Å². The zero-order chi connectivity index (χ0) is 11.6. The predicted octanol–water partition coefficient (Wildman–Crippen LogP) is -2.44. The molecule has 0 bridgehead atoms. The average Bonchev–Trinajstić information content (AvgIpc) is 2.19. The molecule has 1 saturated carbocycles. The monoisotopic (exact) mass is 220 g/mol. The van der Waals surface area contributed by atoms with Gasteiger partial charge in [-0.2, -0.15) is 0 Å².